The first-order valence-corrected chi connectivity index (χ1v) is 13.9. The van der Waals surface area contributed by atoms with Gasteiger partial charge in [0.15, 0.2) is 0 Å². The molecule has 0 radical (unpaired) electrons. The van der Waals surface area contributed by atoms with Crippen LogP contribution in [0.4, 0.5) is 23.2 Å². The number of aryl methyl sites for hydroxylation is 1. The summed E-state index contributed by atoms with van der Waals surface area (Å²) in [5, 5.41) is 14.0. The van der Waals surface area contributed by atoms with Gasteiger partial charge in [-0.05, 0) is 85.7 Å². The molecule has 2 heterocycles. The topological polar surface area (TPSA) is 93.8 Å². The van der Waals surface area contributed by atoms with E-state index in [9.17, 15) is 22.8 Å². The molecule has 0 unspecified atom stereocenters. The Hall–Kier alpha value is -3.54. The second-order valence-electron chi connectivity index (χ2n) is 12.1. The molecule has 3 aromatic rings. The zero-order valence-electron chi connectivity index (χ0n) is 22.7. The SMILES string of the molecule is Cn1cnnc1C1(c2ccc(F)c(NC(=O)c3cc(CNCC4CC4)cn(CC(F)(F)F)c3=O)c2)CC2(CCC2)C1. The van der Waals surface area contributed by atoms with Crippen molar-refractivity contribution in [2.24, 2.45) is 18.4 Å². The standard InChI is InChI=1S/C29H32F4N6O2/c1-38-17-35-37-26(38)28(14-27(15-28)7-2-8-27)20-5-6-22(30)23(10-20)36-24(40)21-9-19(12-34-11-18-3-4-18)13-39(25(21)41)16-29(31,32)33/h5-6,9-10,13,17-18,34H,2-4,7-8,11-12,14-16H2,1H3,(H,36,40). The van der Waals surface area contributed by atoms with Crippen molar-refractivity contribution < 1.29 is 22.4 Å². The van der Waals surface area contributed by atoms with Crippen LogP contribution in [0.3, 0.4) is 0 Å². The summed E-state index contributed by atoms with van der Waals surface area (Å²) in [7, 11) is 1.85. The number of pyridine rings is 1. The number of nitrogens with zero attached hydrogens (tertiary/aromatic N) is 4. The third-order valence-electron chi connectivity index (χ3n) is 8.87. The summed E-state index contributed by atoms with van der Waals surface area (Å²) in [6.07, 6.45) is 5.32. The number of halogens is 4. The van der Waals surface area contributed by atoms with E-state index in [2.05, 4.69) is 20.8 Å². The van der Waals surface area contributed by atoms with Crippen molar-refractivity contribution in [1.29, 1.82) is 0 Å². The highest BCUT2D eigenvalue weighted by atomic mass is 19.4. The molecule has 0 atom stereocenters. The number of aromatic nitrogens is 4. The minimum atomic E-state index is -4.66. The fourth-order valence-electron chi connectivity index (χ4n) is 6.59. The smallest absolute Gasteiger partial charge is 0.320 e. The largest absolute Gasteiger partial charge is 0.406 e. The summed E-state index contributed by atoms with van der Waals surface area (Å²) in [4.78, 5) is 26.3. The van der Waals surface area contributed by atoms with E-state index >= 15 is 4.39 Å². The van der Waals surface area contributed by atoms with Crippen LogP contribution in [-0.2, 0) is 25.6 Å². The number of hydrogen-bond acceptors (Lipinski definition) is 5. The van der Waals surface area contributed by atoms with Gasteiger partial charge in [0.05, 0.1) is 11.1 Å². The molecule has 12 heteroatoms. The molecule has 8 nitrogen and oxygen atoms in total. The van der Waals surface area contributed by atoms with E-state index in [-0.39, 0.29) is 17.6 Å². The number of benzene rings is 1. The van der Waals surface area contributed by atoms with Gasteiger partial charge in [-0.1, -0.05) is 12.5 Å². The Morgan fingerprint density at radius 1 is 1.17 bits per heavy atom. The molecule has 3 saturated carbocycles. The Morgan fingerprint density at radius 2 is 1.93 bits per heavy atom. The van der Waals surface area contributed by atoms with Crippen molar-refractivity contribution in [2.45, 2.75) is 69.6 Å². The molecular formula is C29H32F4N6O2. The maximum Gasteiger partial charge on any atom is 0.406 e. The maximum atomic E-state index is 15.0. The molecule has 0 saturated heterocycles. The minimum absolute atomic E-state index is 0.150. The average Bonchev–Trinajstić information content (AvgIpc) is 3.58. The fraction of sp³-hybridized carbons (Fsp3) is 0.517. The van der Waals surface area contributed by atoms with Crippen LogP contribution in [0.15, 0.2) is 41.6 Å². The molecule has 3 fully saturated rings. The summed E-state index contributed by atoms with van der Waals surface area (Å²) in [5.74, 6) is -0.400. The van der Waals surface area contributed by atoms with Gasteiger partial charge in [0.2, 0.25) is 0 Å². The number of anilines is 1. The number of amides is 1. The van der Waals surface area contributed by atoms with Gasteiger partial charge in [-0.2, -0.15) is 13.2 Å². The van der Waals surface area contributed by atoms with E-state index in [1.807, 2.05) is 11.6 Å². The van der Waals surface area contributed by atoms with Crippen LogP contribution < -0.4 is 16.2 Å². The number of carbonyl (C=O) groups excluding carboxylic acids is 1. The zero-order valence-corrected chi connectivity index (χ0v) is 22.7. The molecule has 6 rings (SSSR count). The quantitative estimate of drug-likeness (QED) is 0.363. The first kappa shape index (κ1) is 27.6. The third-order valence-corrected chi connectivity index (χ3v) is 8.87. The highest BCUT2D eigenvalue weighted by Crippen LogP contribution is 2.66. The number of carbonyl (C=O) groups is 1. The molecule has 2 aromatic heterocycles. The van der Waals surface area contributed by atoms with Gasteiger partial charge in [0.1, 0.15) is 30.1 Å². The predicted molar refractivity (Wildman–Crippen MR) is 143 cm³/mol. The lowest BCUT2D eigenvalue weighted by atomic mass is 9.43. The van der Waals surface area contributed by atoms with Crippen LogP contribution in [0.1, 0.15) is 72.3 Å². The van der Waals surface area contributed by atoms with Crippen molar-refractivity contribution in [3.63, 3.8) is 0 Å². The molecular weight excluding hydrogens is 540 g/mol. The fourth-order valence-corrected chi connectivity index (χ4v) is 6.59. The molecule has 1 aromatic carbocycles. The predicted octanol–water partition coefficient (Wildman–Crippen LogP) is 4.68. The lowest BCUT2D eigenvalue weighted by molar-refractivity contribution is -0.141. The molecule has 218 valence electrons. The summed E-state index contributed by atoms with van der Waals surface area (Å²) in [6.45, 7) is -0.637. The highest BCUT2D eigenvalue weighted by Gasteiger charge is 2.60. The Labute approximate surface area is 234 Å². The van der Waals surface area contributed by atoms with Gasteiger partial charge >= 0.3 is 6.18 Å². The van der Waals surface area contributed by atoms with Gasteiger partial charge in [-0.3, -0.25) is 9.59 Å². The van der Waals surface area contributed by atoms with E-state index in [0.29, 0.717) is 22.6 Å². The Balaban J connectivity index is 1.30. The van der Waals surface area contributed by atoms with Gasteiger partial charge in [-0.15, -0.1) is 10.2 Å². The van der Waals surface area contributed by atoms with Crippen LogP contribution in [0, 0.1) is 17.2 Å². The summed E-state index contributed by atoms with van der Waals surface area (Å²) in [6, 6.07) is 5.75. The number of nitrogens with one attached hydrogen (secondary N) is 2. The minimum Gasteiger partial charge on any atom is -0.320 e. The van der Waals surface area contributed by atoms with Crippen LogP contribution >= 0.6 is 0 Å². The summed E-state index contributed by atoms with van der Waals surface area (Å²) >= 11 is 0. The molecule has 41 heavy (non-hydrogen) atoms. The molecule has 0 bridgehead atoms. The van der Waals surface area contributed by atoms with Gasteiger partial charge in [0.25, 0.3) is 11.5 Å². The van der Waals surface area contributed by atoms with Crippen LogP contribution in [0.25, 0.3) is 0 Å². The van der Waals surface area contributed by atoms with Crippen molar-refractivity contribution in [3.05, 3.63) is 75.5 Å². The van der Waals surface area contributed by atoms with Crippen molar-refractivity contribution in [2.75, 3.05) is 11.9 Å². The van der Waals surface area contributed by atoms with Crippen molar-refractivity contribution >= 4 is 11.6 Å². The molecule has 3 aliphatic carbocycles. The van der Waals surface area contributed by atoms with Crippen LogP contribution in [0.2, 0.25) is 0 Å². The van der Waals surface area contributed by atoms with E-state index in [4.69, 9.17) is 0 Å². The Bertz CT molecular complexity index is 1530. The number of alkyl halides is 3. The normalized spacial score (nSPS) is 19.0. The lowest BCUT2D eigenvalue weighted by Crippen LogP contribution is -2.54. The van der Waals surface area contributed by atoms with Gasteiger partial charge in [-0.25, -0.2) is 4.39 Å². The zero-order chi connectivity index (χ0) is 29.0. The second-order valence-corrected chi connectivity index (χ2v) is 12.1. The van der Waals surface area contributed by atoms with E-state index in [1.165, 1.54) is 18.6 Å². The third kappa shape index (κ3) is 5.41. The van der Waals surface area contributed by atoms with E-state index < -0.39 is 41.0 Å². The molecule has 2 N–H and O–H groups in total. The highest BCUT2D eigenvalue weighted by molar-refractivity contribution is 6.04. The Kier molecular flexibility index (Phi) is 6.79. The average molecular weight is 573 g/mol. The second kappa shape index (κ2) is 10.1. The summed E-state index contributed by atoms with van der Waals surface area (Å²) in [5.41, 5.74) is -0.894. The van der Waals surface area contributed by atoms with E-state index in [0.717, 1.165) is 56.1 Å². The first-order valence-electron chi connectivity index (χ1n) is 13.9. The maximum absolute atomic E-state index is 15.0. The van der Waals surface area contributed by atoms with Crippen LogP contribution in [0.5, 0.6) is 0 Å². The van der Waals surface area contributed by atoms with Gasteiger partial charge < -0.3 is 19.8 Å². The molecule has 3 aliphatic rings. The summed E-state index contributed by atoms with van der Waals surface area (Å²) < 4.78 is 57.1. The lowest BCUT2D eigenvalue weighted by Gasteiger charge is -2.60. The molecule has 1 spiro atoms. The van der Waals surface area contributed by atoms with Crippen molar-refractivity contribution in [1.82, 2.24) is 24.6 Å². The number of rotatable bonds is 9. The monoisotopic (exact) mass is 572 g/mol. The molecule has 0 aliphatic heterocycles. The van der Waals surface area contributed by atoms with Gasteiger partial charge in [0, 0.05) is 19.8 Å². The molecule has 1 amide bonds. The number of hydrogen-bond donors (Lipinski definition) is 2. The van der Waals surface area contributed by atoms with Crippen molar-refractivity contribution in [3.8, 4) is 0 Å². The van der Waals surface area contributed by atoms with Crippen LogP contribution in [-0.4, -0.2) is 38.0 Å². The van der Waals surface area contributed by atoms with E-state index in [1.54, 1.807) is 18.5 Å². The Morgan fingerprint density at radius 3 is 2.54 bits per heavy atom. The first-order chi connectivity index (χ1) is 19.5.